The van der Waals surface area contributed by atoms with E-state index in [0.29, 0.717) is 53.9 Å². The molecule has 1 aliphatic carbocycles. The molecule has 7 rings (SSSR count). The molecule has 2 fully saturated rings. The van der Waals surface area contributed by atoms with Gasteiger partial charge in [0.25, 0.3) is 5.92 Å². The molecule has 0 saturated carbocycles. The minimum absolute atomic E-state index is 0.0771. The van der Waals surface area contributed by atoms with Crippen LogP contribution < -0.4 is 10.1 Å². The van der Waals surface area contributed by atoms with Gasteiger partial charge in [-0.3, -0.25) is 4.90 Å². The maximum atomic E-state index is 14.4. The molecule has 3 aromatic rings. The number of ether oxygens (including phenoxy) is 2. The molecule has 12 heteroatoms. The Labute approximate surface area is 306 Å². The summed E-state index contributed by atoms with van der Waals surface area (Å²) in [4.78, 5) is 34.6. The summed E-state index contributed by atoms with van der Waals surface area (Å²) in [7, 11) is 0. The lowest BCUT2D eigenvalue weighted by atomic mass is 9.78. The van der Waals surface area contributed by atoms with Crippen LogP contribution in [0.4, 0.5) is 8.78 Å². The first kappa shape index (κ1) is 35.8. The van der Waals surface area contributed by atoms with Crippen LogP contribution in [0, 0.1) is 12.3 Å². The number of rotatable bonds is 8. The number of amidine groups is 1. The van der Waals surface area contributed by atoms with Gasteiger partial charge in [-0.15, -0.1) is 11.3 Å². The van der Waals surface area contributed by atoms with E-state index in [1.807, 2.05) is 56.2 Å². The second kappa shape index (κ2) is 14.1. The lowest BCUT2D eigenvalue weighted by molar-refractivity contribution is -0.0668. The van der Waals surface area contributed by atoms with Gasteiger partial charge in [-0.05, 0) is 95.8 Å². The van der Waals surface area contributed by atoms with Crippen LogP contribution >= 0.6 is 22.9 Å². The van der Waals surface area contributed by atoms with E-state index in [1.54, 1.807) is 6.07 Å². The number of allylic oxidation sites excluding steroid dienone is 2. The van der Waals surface area contributed by atoms with Gasteiger partial charge in [-0.1, -0.05) is 11.6 Å². The summed E-state index contributed by atoms with van der Waals surface area (Å²) in [5.74, 6) is 0.516. The minimum Gasteiger partial charge on any atom is -0.491 e. The Bertz CT molecular complexity index is 1990. The summed E-state index contributed by atoms with van der Waals surface area (Å²) >= 11 is 8.00. The molecule has 2 unspecified atom stereocenters. The fraction of sp³-hybridized carbons (Fsp3) is 0.487. The first-order chi connectivity index (χ1) is 24.3. The number of nitrogens with zero attached hydrogens (tertiary/aromatic N) is 3. The summed E-state index contributed by atoms with van der Waals surface area (Å²) in [6.45, 7) is 9.93. The van der Waals surface area contributed by atoms with Gasteiger partial charge < -0.3 is 19.7 Å². The standard InChI is InChI=1S/C39H43ClF2N4O4S/c1-23(2)50-37(48)32-18-51-36-29(13-24(3)14-30(32)36)28-15-26(40)5-8-35(28)49-12-11-46-25(4)44-33-7-6-27(16-31(33)34(46)17-47)45-10-9-38(22-45)19-39(41,42)21-43-20-38/h5,8,13-15,18,23,27,43H,6-7,9-12,16,19-22H2,1-4H3. The SMILES string of the molecule is CC1=NC2=C(CC(N3CCC4(CNCC(F)(F)C4)C3)CC2)C(=C=O)N1CCOc1ccc(Cl)cc1-c1cc(C)cc2c(C(=O)OC(C)C)csc12. The third-order valence-corrected chi connectivity index (χ3v) is 11.8. The first-order valence-corrected chi connectivity index (χ1v) is 18.9. The highest BCUT2D eigenvalue weighted by Crippen LogP contribution is 2.46. The molecule has 2 atom stereocenters. The van der Waals surface area contributed by atoms with Crippen molar-refractivity contribution in [3.05, 3.63) is 68.8 Å². The third kappa shape index (κ3) is 7.24. The van der Waals surface area contributed by atoms with Crippen molar-refractivity contribution in [2.75, 3.05) is 39.3 Å². The predicted molar refractivity (Wildman–Crippen MR) is 198 cm³/mol. The minimum atomic E-state index is -2.68. The lowest BCUT2D eigenvalue weighted by Crippen LogP contribution is -2.52. The van der Waals surface area contributed by atoms with E-state index < -0.39 is 11.3 Å². The highest BCUT2D eigenvalue weighted by Gasteiger charge is 2.50. The first-order valence-electron chi connectivity index (χ1n) is 17.6. The number of thiophene rings is 1. The number of carbonyl (C=O) groups is 1. The van der Waals surface area contributed by atoms with Crippen molar-refractivity contribution in [2.24, 2.45) is 10.4 Å². The highest BCUT2D eigenvalue weighted by atomic mass is 35.5. The van der Waals surface area contributed by atoms with Crippen LogP contribution in [0.2, 0.25) is 5.02 Å². The fourth-order valence-electron chi connectivity index (χ4n) is 8.31. The van der Waals surface area contributed by atoms with E-state index in [0.717, 1.165) is 63.9 Å². The van der Waals surface area contributed by atoms with Gasteiger partial charge in [0.1, 0.15) is 23.9 Å². The zero-order valence-corrected chi connectivity index (χ0v) is 31.0. The van der Waals surface area contributed by atoms with Crippen LogP contribution in [0.1, 0.15) is 68.8 Å². The molecule has 1 spiro atoms. The van der Waals surface area contributed by atoms with Crippen molar-refractivity contribution >= 4 is 50.8 Å². The van der Waals surface area contributed by atoms with Crippen LogP contribution in [-0.4, -0.2) is 84.9 Å². The summed E-state index contributed by atoms with van der Waals surface area (Å²) < 4.78 is 41.6. The van der Waals surface area contributed by atoms with E-state index in [-0.39, 0.29) is 37.7 Å². The molecule has 51 heavy (non-hydrogen) atoms. The van der Waals surface area contributed by atoms with Crippen LogP contribution in [0.5, 0.6) is 5.75 Å². The number of benzene rings is 2. The number of nitrogens with one attached hydrogen (secondary N) is 1. The van der Waals surface area contributed by atoms with Gasteiger partial charge >= 0.3 is 5.97 Å². The molecule has 0 amide bonds. The summed E-state index contributed by atoms with van der Waals surface area (Å²) in [5, 5.41) is 6.18. The van der Waals surface area contributed by atoms with Crippen LogP contribution in [-0.2, 0) is 9.53 Å². The molecule has 270 valence electrons. The summed E-state index contributed by atoms with van der Waals surface area (Å²) in [6.07, 6.45) is 2.67. The molecule has 2 aromatic carbocycles. The molecule has 1 aromatic heterocycles. The van der Waals surface area contributed by atoms with E-state index in [9.17, 15) is 18.4 Å². The van der Waals surface area contributed by atoms with Gasteiger partial charge in [0.2, 0.25) is 0 Å². The number of aliphatic imine (C=N–C) groups is 1. The average Bonchev–Trinajstić information content (AvgIpc) is 3.68. The Morgan fingerprint density at radius 2 is 2.02 bits per heavy atom. The molecule has 4 heterocycles. The quantitative estimate of drug-likeness (QED) is 0.185. The molecule has 1 N–H and O–H groups in total. The maximum Gasteiger partial charge on any atom is 0.339 e. The normalized spacial score (nSPS) is 23.5. The van der Waals surface area contributed by atoms with E-state index in [1.165, 1.54) is 11.3 Å². The lowest BCUT2D eigenvalue weighted by Gasteiger charge is -2.41. The van der Waals surface area contributed by atoms with Crippen LogP contribution in [0.25, 0.3) is 21.2 Å². The Balaban J connectivity index is 1.07. The Kier molecular flexibility index (Phi) is 9.88. The van der Waals surface area contributed by atoms with Gasteiger partial charge in [0.05, 0.1) is 24.8 Å². The number of hydrogen-bond acceptors (Lipinski definition) is 9. The number of hydrogen-bond donors (Lipinski definition) is 1. The van der Waals surface area contributed by atoms with Gasteiger partial charge in [0.15, 0.2) is 5.94 Å². The molecule has 3 aliphatic heterocycles. The molecule has 4 aliphatic rings. The van der Waals surface area contributed by atoms with E-state index >= 15 is 0 Å². The monoisotopic (exact) mass is 736 g/mol. The predicted octanol–water partition coefficient (Wildman–Crippen LogP) is 8.05. The number of likely N-dealkylation sites (tertiary alicyclic amines) is 1. The smallest absolute Gasteiger partial charge is 0.339 e. The largest absolute Gasteiger partial charge is 0.491 e. The van der Waals surface area contributed by atoms with Gasteiger partial charge in [0, 0.05) is 73.9 Å². The number of halogens is 3. The summed E-state index contributed by atoms with van der Waals surface area (Å²) in [5.41, 5.74) is 5.07. The highest BCUT2D eigenvalue weighted by molar-refractivity contribution is 7.18. The van der Waals surface area contributed by atoms with Crippen molar-refractivity contribution in [1.29, 1.82) is 0 Å². The maximum absolute atomic E-state index is 14.4. The zero-order chi connectivity index (χ0) is 36.1. The average molecular weight is 737 g/mol. The summed E-state index contributed by atoms with van der Waals surface area (Å²) in [6, 6.07) is 9.71. The molecular formula is C39H43ClF2N4O4S. The van der Waals surface area contributed by atoms with Crippen molar-refractivity contribution < 1.29 is 27.8 Å². The number of aryl methyl sites for hydroxylation is 1. The van der Waals surface area contributed by atoms with Crippen LogP contribution in [0.15, 0.2) is 57.7 Å². The number of alkyl halides is 2. The molecule has 0 bridgehead atoms. The molecule has 2 saturated heterocycles. The van der Waals surface area contributed by atoms with Crippen molar-refractivity contribution in [3.63, 3.8) is 0 Å². The topological polar surface area (TPSA) is 83.5 Å². The number of piperidine rings is 1. The van der Waals surface area contributed by atoms with Gasteiger partial charge in [-0.25, -0.2) is 23.4 Å². The third-order valence-electron chi connectivity index (χ3n) is 10.5. The van der Waals surface area contributed by atoms with Crippen molar-refractivity contribution in [3.8, 4) is 16.9 Å². The number of carbonyl (C=O) groups excluding carboxylic acids is 2. The molecule has 8 nitrogen and oxygen atoms in total. The fourth-order valence-corrected chi connectivity index (χ4v) is 9.53. The van der Waals surface area contributed by atoms with Crippen LogP contribution in [0.3, 0.4) is 0 Å². The zero-order valence-electron chi connectivity index (χ0n) is 29.4. The number of fused-ring (bicyclic) bond motifs is 1. The Hall–Kier alpha value is -3.60. The second-order valence-corrected chi connectivity index (χ2v) is 16.0. The Morgan fingerprint density at radius 3 is 2.78 bits per heavy atom. The number of esters is 1. The van der Waals surface area contributed by atoms with Gasteiger partial charge in [-0.2, -0.15) is 0 Å². The second-order valence-electron chi connectivity index (χ2n) is 14.7. The van der Waals surface area contributed by atoms with Crippen molar-refractivity contribution in [1.82, 2.24) is 15.1 Å². The van der Waals surface area contributed by atoms with Crippen molar-refractivity contribution in [2.45, 2.75) is 77.9 Å². The van der Waals surface area contributed by atoms with E-state index in [4.69, 9.17) is 26.1 Å². The Morgan fingerprint density at radius 1 is 1.20 bits per heavy atom. The van der Waals surface area contributed by atoms with E-state index in [2.05, 4.69) is 22.2 Å². The molecular weight excluding hydrogens is 694 g/mol. The molecule has 0 radical (unpaired) electrons.